The monoisotopic (exact) mass is 884 g/mol. The van der Waals surface area contributed by atoms with Crippen LogP contribution in [0.4, 0.5) is 34.1 Å². The number of rotatable bonds is 8. The molecular weight excluding hydrogens is 845 g/mol. The molecule has 0 saturated carbocycles. The van der Waals surface area contributed by atoms with Crippen molar-refractivity contribution in [2.75, 3.05) is 9.80 Å². The topological polar surface area (TPSA) is 42.0 Å². The lowest BCUT2D eigenvalue weighted by atomic mass is 9.92. The smallest absolute Gasteiger partial charge is 0.159 e. The molecule has 1 aliphatic rings. The summed E-state index contributed by atoms with van der Waals surface area (Å²) in [5.41, 5.74) is 16.1. The van der Waals surface area contributed by atoms with Crippen LogP contribution in [0.3, 0.4) is 0 Å². The maximum atomic E-state index is 7.29. The summed E-state index contributed by atoms with van der Waals surface area (Å²) < 4.78 is 20.2. The van der Waals surface area contributed by atoms with Gasteiger partial charge in [-0.15, -0.1) is 0 Å². The molecule has 0 saturated heterocycles. The van der Waals surface area contributed by atoms with Crippen LogP contribution >= 0.6 is 0 Å². The third-order valence-electron chi connectivity index (χ3n) is 13.7. The van der Waals surface area contributed by atoms with Crippen LogP contribution in [0.2, 0.25) is 0 Å². The zero-order valence-corrected chi connectivity index (χ0v) is 37.2. The zero-order chi connectivity index (χ0) is 45.4. The Labute approximate surface area is 397 Å². The average molecular weight is 885 g/mol. The average Bonchev–Trinajstić information content (AvgIpc) is 4.00. The van der Waals surface area contributed by atoms with E-state index < -0.39 is 0 Å². The third kappa shape index (κ3) is 6.25. The first kappa shape index (κ1) is 38.9. The van der Waals surface area contributed by atoms with Gasteiger partial charge in [0.05, 0.1) is 11.4 Å². The number of furan rings is 2. The molecule has 0 atom stereocenters. The van der Waals surface area contributed by atoms with Crippen LogP contribution in [-0.4, -0.2) is 0 Å². The Kier molecular flexibility index (Phi) is 8.83. The highest BCUT2D eigenvalue weighted by Gasteiger charge is 2.30. The van der Waals surface area contributed by atoms with E-state index in [1.54, 1.807) is 0 Å². The van der Waals surface area contributed by atoms with Gasteiger partial charge in [0.2, 0.25) is 0 Å². The number of nitrogens with zero attached hydrogens (tertiary/aromatic N) is 2. The molecule has 3 heterocycles. The van der Waals surface area contributed by atoms with Gasteiger partial charge in [-0.3, -0.25) is 0 Å². The molecule has 0 N–H and O–H groups in total. The van der Waals surface area contributed by atoms with Crippen molar-refractivity contribution in [1.29, 1.82) is 0 Å². The summed E-state index contributed by atoms with van der Waals surface area (Å²) in [6.07, 6.45) is 0. The molecule has 11 aromatic carbocycles. The van der Waals surface area contributed by atoms with Crippen molar-refractivity contribution in [1.82, 2.24) is 0 Å². The van der Waals surface area contributed by atoms with Crippen molar-refractivity contribution in [3.8, 4) is 44.9 Å². The van der Waals surface area contributed by atoms with Crippen molar-refractivity contribution >= 4 is 88.8 Å². The molecule has 14 rings (SSSR count). The molecule has 324 valence electrons. The quantitative estimate of drug-likeness (QED) is 0.152. The highest BCUT2D eigenvalue weighted by atomic mass is 16.5. The summed E-state index contributed by atoms with van der Waals surface area (Å²) >= 11 is 0. The lowest BCUT2D eigenvalue weighted by Crippen LogP contribution is -2.14. The van der Waals surface area contributed by atoms with Gasteiger partial charge >= 0.3 is 0 Å². The van der Waals surface area contributed by atoms with E-state index >= 15 is 0 Å². The summed E-state index contributed by atoms with van der Waals surface area (Å²) in [5, 5.41) is 6.63. The molecule has 69 heavy (non-hydrogen) atoms. The molecule has 5 heteroatoms. The fourth-order valence-corrected chi connectivity index (χ4v) is 10.5. The molecule has 0 bridgehead atoms. The van der Waals surface area contributed by atoms with Gasteiger partial charge in [0.1, 0.15) is 28.1 Å². The number of para-hydroxylation sites is 6. The Morgan fingerprint density at radius 3 is 1.35 bits per heavy atom. The molecule has 0 amide bonds. The van der Waals surface area contributed by atoms with Crippen molar-refractivity contribution in [2.45, 2.75) is 0 Å². The first-order chi connectivity index (χ1) is 34.2. The van der Waals surface area contributed by atoms with Gasteiger partial charge < -0.3 is 23.4 Å². The first-order valence-corrected chi connectivity index (χ1v) is 23.3. The van der Waals surface area contributed by atoms with Gasteiger partial charge in [0.15, 0.2) is 5.75 Å². The molecule has 0 unspecified atom stereocenters. The standard InChI is InChI=1S/C64H40N2O3/c1-3-16-44(17-4-1)65(46-36-31-41(32-37-46)48-22-12-24-52-50-20-7-9-28-57(50)67-62(48)52)55-27-14-30-59-61(55)54-26-11-15-43-35-40-56(64(69-59)60(43)54)66(45-18-5-2-6-19-45)47-38-33-42(34-39-47)49-23-13-25-53-51-21-8-10-29-58(51)68-63(49)53/h1-40H. The highest BCUT2D eigenvalue weighted by Crippen LogP contribution is 2.56. The largest absolute Gasteiger partial charge is 0.455 e. The Hall–Kier alpha value is -9.32. The molecule has 0 aliphatic carbocycles. The normalized spacial score (nSPS) is 11.9. The summed E-state index contributed by atoms with van der Waals surface area (Å²) in [6, 6.07) is 85.4. The van der Waals surface area contributed by atoms with Gasteiger partial charge in [-0.2, -0.15) is 0 Å². The summed E-state index contributed by atoms with van der Waals surface area (Å²) in [4.78, 5) is 4.64. The van der Waals surface area contributed by atoms with Gasteiger partial charge in [0, 0.05) is 66.4 Å². The predicted octanol–water partition coefficient (Wildman–Crippen LogP) is 18.7. The van der Waals surface area contributed by atoms with Gasteiger partial charge in [-0.25, -0.2) is 0 Å². The Morgan fingerprint density at radius 1 is 0.304 bits per heavy atom. The van der Waals surface area contributed by atoms with Crippen LogP contribution < -0.4 is 14.5 Å². The number of ether oxygens (including phenoxy) is 1. The van der Waals surface area contributed by atoms with Crippen LogP contribution in [0.5, 0.6) is 11.5 Å². The Balaban J connectivity index is 0.893. The van der Waals surface area contributed by atoms with E-state index in [0.29, 0.717) is 0 Å². The number of hydrogen-bond donors (Lipinski definition) is 0. The second kappa shape index (κ2) is 15.7. The minimum absolute atomic E-state index is 0.788. The fourth-order valence-electron chi connectivity index (χ4n) is 10.5. The van der Waals surface area contributed by atoms with Crippen molar-refractivity contribution in [3.63, 3.8) is 0 Å². The van der Waals surface area contributed by atoms with Crippen molar-refractivity contribution in [3.05, 3.63) is 243 Å². The minimum atomic E-state index is 0.788. The second-order valence-corrected chi connectivity index (χ2v) is 17.6. The SMILES string of the molecule is c1ccc(N(c2ccc(-c3cccc4c3oc3ccccc34)cc2)c2cccc3c2-c2cccc4ccc(N(c5ccccc5)c5ccc(-c6cccc7c6oc6ccccc67)cc5)c(c24)O3)cc1. The number of anilines is 6. The zero-order valence-electron chi connectivity index (χ0n) is 37.2. The van der Waals surface area contributed by atoms with E-state index in [4.69, 9.17) is 13.6 Å². The van der Waals surface area contributed by atoms with Crippen LogP contribution in [-0.2, 0) is 0 Å². The predicted molar refractivity (Wildman–Crippen MR) is 284 cm³/mol. The van der Waals surface area contributed by atoms with E-state index in [0.717, 1.165) is 134 Å². The van der Waals surface area contributed by atoms with Crippen molar-refractivity contribution < 1.29 is 13.6 Å². The first-order valence-electron chi connectivity index (χ1n) is 23.3. The fraction of sp³-hybridized carbons (Fsp3) is 0. The summed E-state index contributed by atoms with van der Waals surface area (Å²) in [5.74, 6) is 1.60. The number of hydrogen-bond acceptors (Lipinski definition) is 5. The molecule has 2 aromatic heterocycles. The van der Waals surface area contributed by atoms with E-state index in [1.165, 1.54) is 0 Å². The summed E-state index contributed by atoms with van der Waals surface area (Å²) in [6.45, 7) is 0. The molecule has 5 nitrogen and oxygen atoms in total. The number of fused-ring (bicyclic) bond motifs is 8. The van der Waals surface area contributed by atoms with E-state index in [9.17, 15) is 0 Å². The number of benzene rings is 11. The maximum Gasteiger partial charge on any atom is 0.159 e. The Morgan fingerprint density at radius 2 is 0.768 bits per heavy atom. The second-order valence-electron chi connectivity index (χ2n) is 17.6. The van der Waals surface area contributed by atoms with Crippen molar-refractivity contribution in [2.24, 2.45) is 0 Å². The van der Waals surface area contributed by atoms with Gasteiger partial charge in [-0.05, 0) is 101 Å². The summed E-state index contributed by atoms with van der Waals surface area (Å²) in [7, 11) is 0. The van der Waals surface area contributed by atoms with E-state index in [2.05, 4.69) is 228 Å². The van der Waals surface area contributed by atoms with Crippen LogP contribution in [0, 0.1) is 0 Å². The lowest BCUT2D eigenvalue weighted by Gasteiger charge is -2.33. The molecule has 0 fully saturated rings. The molecule has 0 radical (unpaired) electrons. The molecule has 0 spiro atoms. The van der Waals surface area contributed by atoms with E-state index in [1.807, 2.05) is 24.3 Å². The lowest BCUT2D eigenvalue weighted by molar-refractivity contribution is 0.488. The van der Waals surface area contributed by atoms with Gasteiger partial charge in [0.25, 0.3) is 0 Å². The maximum absolute atomic E-state index is 7.29. The van der Waals surface area contributed by atoms with Crippen LogP contribution in [0.15, 0.2) is 251 Å². The Bertz CT molecular complexity index is 4100. The third-order valence-corrected chi connectivity index (χ3v) is 13.7. The molecule has 1 aliphatic heterocycles. The van der Waals surface area contributed by atoms with E-state index in [-0.39, 0.29) is 0 Å². The minimum Gasteiger partial charge on any atom is -0.455 e. The molecule has 13 aromatic rings. The van der Waals surface area contributed by atoms with Crippen LogP contribution in [0.1, 0.15) is 0 Å². The molecular formula is C64H40N2O3. The van der Waals surface area contributed by atoms with Crippen LogP contribution in [0.25, 0.3) is 88.0 Å². The van der Waals surface area contributed by atoms with Gasteiger partial charge in [-0.1, -0.05) is 164 Å². The highest BCUT2D eigenvalue weighted by molar-refractivity contribution is 6.13.